The first-order valence-corrected chi connectivity index (χ1v) is 3.95. The average Bonchev–Trinajstić information content (AvgIpc) is 1.56. The van der Waals surface area contributed by atoms with Crippen LogP contribution in [0.5, 0.6) is 0 Å². The van der Waals surface area contributed by atoms with Crippen molar-refractivity contribution < 1.29 is 4.79 Å². The molecule has 0 amide bonds. The first-order chi connectivity index (χ1) is 4.67. The number of ketones is 1. The van der Waals surface area contributed by atoms with Crippen LogP contribution in [0.15, 0.2) is 0 Å². The molecule has 11 heavy (non-hydrogen) atoms. The first kappa shape index (κ1) is 10.6. The predicted molar refractivity (Wildman–Crippen MR) is 47.3 cm³/mol. The van der Waals surface area contributed by atoms with E-state index < -0.39 is 0 Å². The van der Waals surface area contributed by atoms with Crippen molar-refractivity contribution in [2.75, 3.05) is 0 Å². The largest absolute Gasteiger partial charge is 0.325 e. The molecule has 66 valence electrons. The third-order valence-corrected chi connectivity index (χ3v) is 2.44. The fraction of sp³-hybridized carbons (Fsp3) is 0.889. The molecule has 0 aromatic carbocycles. The number of hydrogen-bond donors (Lipinski definition) is 1. The van der Waals surface area contributed by atoms with Crippen molar-refractivity contribution in [3.05, 3.63) is 0 Å². The molecule has 0 bridgehead atoms. The van der Waals surface area contributed by atoms with E-state index in [-0.39, 0.29) is 16.7 Å². The maximum absolute atomic E-state index is 10.9. The van der Waals surface area contributed by atoms with Crippen molar-refractivity contribution in [2.24, 2.45) is 11.1 Å². The van der Waals surface area contributed by atoms with Gasteiger partial charge in [0.05, 0.1) is 0 Å². The summed E-state index contributed by atoms with van der Waals surface area (Å²) in [6, 6.07) is 0. The van der Waals surface area contributed by atoms with E-state index in [9.17, 15) is 4.79 Å². The molecule has 0 aliphatic heterocycles. The second kappa shape index (κ2) is 2.94. The topological polar surface area (TPSA) is 43.1 Å². The zero-order valence-corrected chi connectivity index (χ0v) is 8.19. The lowest BCUT2D eigenvalue weighted by Gasteiger charge is -2.37. The van der Waals surface area contributed by atoms with Gasteiger partial charge in [-0.1, -0.05) is 13.8 Å². The summed E-state index contributed by atoms with van der Waals surface area (Å²) in [5, 5.41) is 0. The summed E-state index contributed by atoms with van der Waals surface area (Å²) >= 11 is 0. The standard InChI is InChI=1S/C9H19NO/c1-7(11)6-8(2,3)9(4,5)10/h6,10H2,1-5H3. The quantitative estimate of drug-likeness (QED) is 0.678. The molecule has 2 nitrogen and oxygen atoms in total. The molecular formula is C9H19NO. The fourth-order valence-corrected chi connectivity index (χ4v) is 0.850. The lowest BCUT2D eigenvalue weighted by molar-refractivity contribution is -0.119. The highest BCUT2D eigenvalue weighted by Crippen LogP contribution is 2.31. The van der Waals surface area contributed by atoms with Gasteiger partial charge in [-0.3, -0.25) is 0 Å². The van der Waals surface area contributed by atoms with E-state index >= 15 is 0 Å². The number of rotatable bonds is 3. The molecule has 0 fully saturated rings. The monoisotopic (exact) mass is 157 g/mol. The van der Waals surface area contributed by atoms with Crippen LogP contribution < -0.4 is 5.73 Å². The maximum Gasteiger partial charge on any atom is 0.130 e. The second-order valence-corrected chi connectivity index (χ2v) is 4.48. The molecule has 0 unspecified atom stereocenters. The lowest BCUT2D eigenvalue weighted by atomic mass is 9.72. The molecule has 0 aliphatic carbocycles. The molecule has 0 aliphatic rings. The summed E-state index contributed by atoms with van der Waals surface area (Å²) in [6.45, 7) is 9.56. The van der Waals surface area contributed by atoms with E-state index in [1.165, 1.54) is 0 Å². The fourth-order valence-electron chi connectivity index (χ4n) is 0.850. The van der Waals surface area contributed by atoms with Crippen LogP contribution in [-0.4, -0.2) is 11.3 Å². The van der Waals surface area contributed by atoms with Gasteiger partial charge in [-0.05, 0) is 26.2 Å². The number of carbonyl (C=O) groups excluding carboxylic acids is 1. The van der Waals surface area contributed by atoms with E-state index in [0.717, 1.165) is 0 Å². The second-order valence-electron chi connectivity index (χ2n) is 4.48. The van der Waals surface area contributed by atoms with Crippen molar-refractivity contribution >= 4 is 5.78 Å². The van der Waals surface area contributed by atoms with Crippen molar-refractivity contribution in [3.8, 4) is 0 Å². The molecule has 0 saturated carbocycles. The van der Waals surface area contributed by atoms with Gasteiger partial charge in [0.2, 0.25) is 0 Å². The van der Waals surface area contributed by atoms with E-state index in [1.54, 1.807) is 6.92 Å². The summed E-state index contributed by atoms with van der Waals surface area (Å²) in [4.78, 5) is 10.9. The van der Waals surface area contributed by atoms with E-state index in [2.05, 4.69) is 0 Å². The molecule has 0 radical (unpaired) electrons. The lowest BCUT2D eigenvalue weighted by Crippen LogP contribution is -2.48. The Bertz CT molecular complexity index is 153. The van der Waals surface area contributed by atoms with Gasteiger partial charge in [-0.2, -0.15) is 0 Å². The van der Waals surface area contributed by atoms with Crippen LogP contribution in [0.25, 0.3) is 0 Å². The minimum atomic E-state index is -0.293. The van der Waals surface area contributed by atoms with Gasteiger partial charge in [0.15, 0.2) is 0 Å². The summed E-state index contributed by atoms with van der Waals surface area (Å²) in [7, 11) is 0. The molecule has 0 atom stereocenters. The Labute approximate surface area is 69.2 Å². The maximum atomic E-state index is 10.9. The Morgan fingerprint density at radius 3 is 1.73 bits per heavy atom. The van der Waals surface area contributed by atoms with E-state index in [0.29, 0.717) is 6.42 Å². The molecule has 2 N–H and O–H groups in total. The van der Waals surface area contributed by atoms with Crippen LogP contribution >= 0.6 is 0 Å². The number of nitrogens with two attached hydrogens (primary N) is 1. The minimum Gasteiger partial charge on any atom is -0.325 e. The highest BCUT2D eigenvalue weighted by molar-refractivity contribution is 5.76. The minimum absolute atomic E-state index is 0.112. The van der Waals surface area contributed by atoms with Crippen molar-refractivity contribution in [1.82, 2.24) is 0 Å². The molecular weight excluding hydrogens is 138 g/mol. The highest BCUT2D eigenvalue weighted by atomic mass is 16.1. The summed E-state index contributed by atoms with van der Waals surface area (Å²) in [6.07, 6.45) is 0.552. The van der Waals surface area contributed by atoms with Crippen LogP contribution in [0.3, 0.4) is 0 Å². The van der Waals surface area contributed by atoms with Crippen LogP contribution in [0.1, 0.15) is 41.0 Å². The van der Waals surface area contributed by atoms with Gasteiger partial charge in [-0.15, -0.1) is 0 Å². The molecule has 2 heteroatoms. The van der Waals surface area contributed by atoms with Crippen molar-refractivity contribution in [2.45, 2.75) is 46.6 Å². The molecule has 0 heterocycles. The van der Waals surface area contributed by atoms with Crippen LogP contribution in [0, 0.1) is 5.41 Å². The third-order valence-electron chi connectivity index (χ3n) is 2.44. The molecule has 0 rings (SSSR count). The van der Waals surface area contributed by atoms with Crippen molar-refractivity contribution in [1.29, 1.82) is 0 Å². The number of carbonyl (C=O) groups is 1. The van der Waals surface area contributed by atoms with Gasteiger partial charge in [0.1, 0.15) is 5.78 Å². The van der Waals surface area contributed by atoms with Gasteiger partial charge in [-0.25, -0.2) is 0 Å². The third kappa shape index (κ3) is 3.02. The van der Waals surface area contributed by atoms with Gasteiger partial charge < -0.3 is 10.5 Å². The molecule has 0 aromatic rings. The zero-order valence-electron chi connectivity index (χ0n) is 8.19. The van der Waals surface area contributed by atoms with Crippen LogP contribution in [-0.2, 0) is 4.79 Å². The van der Waals surface area contributed by atoms with Gasteiger partial charge in [0, 0.05) is 12.0 Å². The van der Waals surface area contributed by atoms with Crippen LogP contribution in [0.4, 0.5) is 0 Å². The number of hydrogen-bond acceptors (Lipinski definition) is 2. The zero-order chi connectivity index (χ0) is 9.28. The van der Waals surface area contributed by atoms with Gasteiger partial charge in [0.25, 0.3) is 0 Å². The summed E-state index contributed by atoms with van der Waals surface area (Å²) in [5.41, 5.74) is 5.50. The Morgan fingerprint density at radius 1 is 1.27 bits per heavy atom. The Balaban J connectivity index is 4.34. The molecule has 0 spiro atoms. The predicted octanol–water partition coefficient (Wildman–Crippen LogP) is 1.73. The smallest absolute Gasteiger partial charge is 0.130 e. The SMILES string of the molecule is CC(=O)CC(C)(C)C(C)(C)N. The Morgan fingerprint density at radius 2 is 1.64 bits per heavy atom. The Kier molecular flexibility index (Phi) is 2.84. The average molecular weight is 157 g/mol. The molecule has 0 saturated heterocycles. The first-order valence-electron chi connectivity index (χ1n) is 3.95. The van der Waals surface area contributed by atoms with E-state index in [1.807, 2.05) is 27.7 Å². The summed E-state index contributed by atoms with van der Waals surface area (Å²) in [5.74, 6) is 0.202. The Hall–Kier alpha value is -0.370. The highest BCUT2D eigenvalue weighted by Gasteiger charge is 2.34. The number of Topliss-reactive ketones (excluding diaryl/α,β-unsaturated/α-hetero) is 1. The van der Waals surface area contributed by atoms with Gasteiger partial charge >= 0.3 is 0 Å². The van der Waals surface area contributed by atoms with Crippen LogP contribution in [0.2, 0.25) is 0 Å². The van der Waals surface area contributed by atoms with Crippen molar-refractivity contribution in [3.63, 3.8) is 0 Å². The molecule has 0 aromatic heterocycles. The van der Waals surface area contributed by atoms with E-state index in [4.69, 9.17) is 5.73 Å². The summed E-state index contributed by atoms with van der Waals surface area (Å²) < 4.78 is 0. The normalized spacial score (nSPS) is 13.3.